The summed E-state index contributed by atoms with van der Waals surface area (Å²) in [4.78, 5) is 0. The molecule has 5 heteroatoms. The van der Waals surface area contributed by atoms with Crippen molar-refractivity contribution in [2.75, 3.05) is 39.6 Å². The van der Waals surface area contributed by atoms with Crippen LogP contribution in [0.1, 0.15) is 27.2 Å². The van der Waals surface area contributed by atoms with E-state index in [-0.39, 0.29) is 5.54 Å². The molecule has 5 nitrogen and oxygen atoms in total. The molecule has 0 aromatic rings. The van der Waals surface area contributed by atoms with E-state index in [1.807, 2.05) is 20.8 Å². The summed E-state index contributed by atoms with van der Waals surface area (Å²) >= 11 is 0. The largest absolute Gasteiger partial charge is 0.391 e. The minimum atomic E-state index is -0.515. The molecule has 0 aliphatic carbocycles. The molecular formula is C12H27NO4. The molecule has 0 rings (SSSR count). The van der Waals surface area contributed by atoms with Gasteiger partial charge < -0.3 is 25.1 Å². The third-order valence-corrected chi connectivity index (χ3v) is 2.02. The fourth-order valence-corrected chi connectivity index (χ4v) is 1.37. The van der Waals surface area contributed by atoms with Crippen molar-refractivity contribution in [2.24, 2.45) is 5.73 Å². The monoisotopic (exact) mass is 249 g/mol. The molecule has 0 saturated carbocycles. The van der Waals surface area contributed by atoms with Crippen molar-refractivity contribution in [1.82, 2.24) is 0 Å². The Morgan fingerprint density at radius 3 is 2.12 bits per heavy atom. The molecule has 1 atom stereocenters. The Bertz CT molecular complexity index is 170. The maximum Gasteiger partial charge on any atom is 0.0790 e. The summed E-state index contributed by atoms with van der Waals surface area (Å²) < 4.78 is 15.7. The van der Waals surface area contributed by atoms with Gasteiger partial charge in [-0.1, -0.05) is 0 Å². The molecule has 0 aliphatic heterocycles. The Kier molecular flexibility index (Phi) is 9.68. The van der Waals surface area contributed by atoms with Crippen LogP contribution in [0.4, 0.5) is 0 Å². The summed E-state index contributed by atoms with van der Waals surface area (Å²) in [5.41, 5.74) is 5.42. The number of hydrogen-bond acceptors (Lipinski definition) is 5. The zero-order chi connectivity index (χ0) is 13.1. The second-order valence-electron chi connectivity index (χ2n) is 4.73. The number of ether oxygens (including phenoxy) is 3. The normalized spacial score (nSPS) is 13.9. The Morgan fingerprint density at radius 1 is 1.06 bits per heavy atom. The number of rotatable bonds is 11. The van der Waals surface area contributed by atoms with E-state index in [1.165, 1.54) is 0 Å². The lowest BCUT2D eigenvalue weighted by molar-refractivity contribution is -0.0140. The Labute approximate surface area is 104 Å². The lowest BCUT2D eigenvalue weighted by atomic mass is 9.99. The maximum absolute atomic E-state index is 9.59. The number of aliphatic hydroxyl groups excluding tert-OH is 1. The van der Waals surface area contributed by atoms with E-state index in [4.69, 9.17) is 19.9 Å². The van der Waals surface area contributed by atoms with Crippen LogP contribution in [-0.4, -0.2) is 56.4 Å². The second kappa shape index (κ2) is 9.79. The highest BCUT2D eigenvalue weighted by atomic mass is 16.5. The zero-order valence-corrected chi connectivity index (χ0v) is 11.3. The first-order valence-electron chi connectivity index (χ1n) is 6.16. The molecule has 0 fully saturated rings. The van der Waals surface area contributed by atoms with Gasteiger partial charge in [0.25, 0.3) is 0 Å². The molecule has 0 bridgehead atoms. The summed E-state index contributed by atoms with van der Waals surface area (Å²) in [7, 11) is 0. The fraction of sp³-hybridized carbons (Fsp3) is 1.00. The predicted molar refractivity (Wildman–Crippen MR) is 67.0 cm³/mol. The topological polar surface area (TPSA) is 73.9 Å². The summed E-state index contributed by atoms with van der Waals surface area (Å²) in [6.45, 7) is 8.91. The minimum absolute atomic E-state index is 0.301. The van der Waals surface area contributed by atoms with Gasteiger partial charge in [-0.05, 0) is 27.2 Å². The molecule has 0 spiro atoms. The van der Waals surface area contributed by atoms with Crippen molar-refractivity contribution < 1.29 is 19.3 Å². The summed E-state index contributed by atoms with van der Waals surface area (Å²) in [5.74, 6) is 0. The highest BCUT2D eigenvalue weighted by Crippen LogP contribution is 2.07. The van der Waals surface area contributed by atoms with E-state index < -0.39 is 6.10 Å². The average molecular weight is 249 g/mol. The maximum atomic E-state index is 9.59. The van der Waals surface area contributed by atoms with Crippen LogP contribution in [-0.2, 0) is 14.2 Å². The van der Waals surface area contributed by atoms with Crippen LogP contribution in [0.3, 0.4) is 0 Å². The van der Waals surface area contributed by atoms with Gasteiger partial charge >= 0.3 is 0 Å². The van der Waals surface area contributed by atoms with Gasteiger partial charge in [0.1, 0.15) is 0 Å². The first-order chi connectivity index (χ1) is 7.95. The first-order valence-corrected chi connectivity index (χ1v) is 6.16. The van der Waals surface area contributed by atoms with Crippen molar-refractivity contribution in [1.29, 1.82) is 0 Å². The molecule has 3 N–H and O–H groups in total. The number of nitrogens with two attached hydrogens (primary N) is 1. The zero-order valence-electron chi connectivity index (χ0n) is 11.3. The van der Waals surface area contributed by atoms with Gasteiger partial charge in [0.2, 0.25) is 0 Å². The molecule has 0 saturated heterocycles. The van der Waals surface area contributed by atoms with E-state index in [0.29, 0.717) is 46.1 Å². The Hall–Kier alpha value is -0.200. The van der Waals surface area contributed by atoms with Crippen LogP contribution >= 0.6 is 0 Å². The average Bonchev–Trinajstić information content (AvgIpc) is 2.19. The van der Waals surface area contributed by atoms with Crippen LogP contribution in [0.5, 0.6) is 0 Å². The Balaban J connectivity index is 3.22. The van der Waals surface area contributed by atoms with E-state index >= 15 is 0 Å². The Morgan fingerprint density at radius 2 is 1.59 bits per heavy atom. The minimum Gasteiger partial charge on any atom is -0.391 e. The molecule has 0 amide bonds. The molecule has 0 aromatic heterocycles. The highest BCUT2D eigenvalue weighted by molar-refractivity contribution is 4.75. The van der Waals surface area contributed by atoms with Crippen LogP contribution in [0.2, 0.25) is 0 Å². The van der Waals surface area contributed by atoms with Gasteiger partial charge in [-0.15, -0.1) is 0 Å². The molecule has 0 aliphatic rings. The van der Waals surface area contributed by atoms with E-state index in [0.717, 1.165) is 0 Å². The van der Waals surface area contributed by atoms with Crippen LogP contribution < -0.4 is 5.73 Å². The van der Waals surface area contributed by atoms with Crippen LogP contribution in [0, 0.1) is 0 Å². The third kappa shape index (κ3) is 13.7. The first kappa shape index (κ1) is 16.8. The SMILES string of the molecule is CCOCCOCCOCC(O)CC(C)(C)N. The van der Waals surface area contributed by atoms with Gasteiger partial charge in [-0.25, -0.2) is 0 Å². The van der Waals surface area contributed by atoms with Gasteiger partial charge in [0, 0.05) is 12.1 Å². The van der Waals surface area contributed by atoms with Gasteiger partial charge in [-0.2, -0.15) is 0 Å². The van der Waals surface area contributed by atoms with E-state index in [9.17, 15) is 5.11 Å². The molecule has 0 aromatic carbocycles. The molecule has 1 unspecified atom stereocenters. The van der Waals surface area contributed by atoms with Crippen molar-refractivity contribution in [2.45, 2.75) is 38.8 Å². The van der Waals surface area contributed by atoms with Crippen molar-refractivity contribution in [3.05, 3.63) is 0 Å². The van der Waals surface area contributed by atoms with Crippen molar-refractivity contribution in [3.8, 4) is 0 Å². The third-order valence-electron chi connectivity index (χ3n) is 2.02. The quantitative estimate of drug-likeness (QED) is 0.523. The van der Waals surface area contributed by atoms with Gasteiger partial charge in [0.05, 0.1) is 39.1 Å². The summed E-state index contributed by atoms with van der Waals surface area (Å²) in [6, 6.07) is 0. The van der Waals surface area contributed by atoms with Crippen LogP contribution in [0.15, 0.2) is 0 Å². The van der Waals surface area contributed by atoms with Crippen molar-refractivity contribution in [3.63, 3.8) is 0 Å². The molecular weight excluding hydrogens is 222 g/mol. The van der Waals surface area contributed by atoms with E-state index in [2.05, 4.69) is 0 Å². The lowest BCUT2D eigenvalue weighted by Crippen LogP contribution is -2.37. The molecule has 104 valence electrons. The summed E-state index contributed by atoms with van der Waals surface area (Å²) in [5, 5.41) is 9.59. The molecule has 0 heterocycles. The molecule has 17 heavy (non-hydrogen) atoms. The summed E-state index contributed by atoms with van der Waals surface area (Å²) in [6.07, 6.45) is 0.0106. The number of hydrogen-bond donors (Lipinski definition) is 2. The van der Waals surface area contributed by atoms with E-state index in [1.54, 1.807) is 0 Å². The number of aliphatic hydroxyl groups is 1. The smallest absolute Gasteiger partial charge is 0.0790 e. The fourth-order valence-electron chi connectivity index (χ4n) is 1.37. The predicted octanol–water partition coefficient (Wildman–Crippen LogP) is 0.544. The van der Waals surface area contributed by atoms with Crippen LogP contribution in [0.25, 0.3) is 0 Å². The van der Waals surface area contributed by atoms with Crippen molar-refractivity contribution >= 4 is 0 Å². The van der Waals surface area contributed by atoms with Gasteiger partial charge in [0.15, 0.2) is 0 Å². The molecule has 0 radical (unpaired) electrons. The standard InChI is InChI=1S/C12H27NO4/c1-4-15-5-6-16-7-8-17-10-11(14)9-12(2,3)13/h11,14H,4-10,13H2,1-3H3. The second-order valence-corrected chi connectivity index (χ2v) is 4.73. The van der Waals surface area contributed by atoms with Gasteiger partial charge in [-0.3, -0.25) is 0 Å². The highest BCUT2D eigenvalue weighted by Gasteiger charge is 2.16. The lowest BCUT2D eigenvalue weighted by Gasteiger charge is -2.22.